The second-order valence-electron chi connectivity index (χ2n) is 7.96. The monoisotopic (exact) mass is 410 g/mol. The van der Waals surface area contributed by atoms with Crippen molar-refractivity contribution in [1.82, 2.24) is 9.78 Å². The molecular formula is C25H28F2N2O. The van der Waals surface area contributed by atoms with Crippen LogP contribution in [0.25, 0.3) is 5.57 Å². The first-order valence-electron chi connectivity index (χ1n) is 10.8. The number of ether oxygens (including phenoxy) is 1. The summed E-state index contributed by atoms with van der Waals surface area (Å²) in [4.78, 5) is 0. The van der Waals surface area contributed by atoms with Crippen molar-refractivity contribution >= 4 is 5.57 Å². The lowest BCUT2D eigenvalue weighted by Crippen LogP contribution is -2.20. The second-order valence-corrected chi connectivity index (χ2v) is 7.96. The zero-order valence-electron chi connectivity index (χ0n) is 17.6. The summed E-state index contributed by atoms with van der Waals surface area (Å²) in [5, 5.41) is 4.72. The first kappa shape index (κ1) is 20.6. The number of rotatable bonds is 7. The van der Waals surface area contributed by atoms with E-state index in [1.54, 1.807) is 19.1 Å². The van der Waals surface area contributed by atoms with Crippen LogP contribution in [-0.4, -0.2) is 9.78 Å². The molecule has 1 atom stereocenters. The lowest BCUT2D eigenvalue weighted by Gasteiger charge is -2.24. The van der Waals surface area contributed by atoms with Gasteiger partial charge in [-0.3, -0.25) is 4.68 Å². The van der Waals surface area contributed by atoms with Gasteiger partial charge in [-0.05, 0) is 86.9 Å². The molecule has 0 radical (unpaired) electrons. The van der Waals surface area contributed by atoms with Gasteiger partial charge in [0.15, 0.2) is 0 Å². The minimum absolute atomic E-state index is 0.186. The van der Waals surface area contributed by atoms with E-state index in [-0.39, 0.29) is 17.7 Å². The van der Waals surface area contributed by atoms with Gasteiger partial charge in [0, 0.05) is 12.1 Å². The van der Waals surface area contributed by atoms with E-state index in [1.807, 2.05) is 16.8 Å². The van der Waals surface area contributed by atoms with Crippen molar-refractivity contribution in [2.24, 2.45) is 5.92 Å². The number of aryl methyl sites for hydroxylation is 1. The fourth-order valence-electron chi connectivity index (χ4n) is 3.96. The standard InChI is InChI=1S/C25H28F2N2O/c1-3-6-18(17-8-9-17)15-21(22(27)4-2)23-16-24-25(7-5-14-29(24)28-23)30-20-12-10-19(26)11-13-20/h4,6,10-13,15-17,25H,3,5,7-9,14H2,1-2H3/b18-6-,21-15+,22-4+. The van der Waals surface area contributed by atoms with Crippen molar-refractivity contribution in [2.45, 2.75) is 58.6 Å². The van der Waals surface area contributed by atoms with E-state index in [2.05, 4.69) is 13.0 Å². The Bertz CT molecular complexity index is 981. The summed E-state index contributed by atoms with van der Waals surface area (Å²) < 4.78 is 36.1. The molecule has 0 spiro atoms. The first-order valence-corrected chi connectivity index (χ1v) is 10.8. The maximum atomic E-state index is 14.9. The van der Waals surface area contributed by atoms with Crippen molar-refractivity contribution in [3.05, 3.63) is 77.2 Å². The van der Waals surface area contributed by atoms with Gasteiger partial charge in [0.05, 0.1) is 11.4 Å². The van der Waals surface area contributed by atoms with Gasteiger partial charge in [-0.1, -0.05) is 19.1 Å². The highest BCUT2D eigenvalue weighted by Gasteiger charge is 2.28. The molecule has 5 heteroatoms. The molecule has 1 aromatic heterocycles. The van der Waals surface area contributed by atoms with Gasteiger partial charge < -0.3 is 4.74 Å². The van der Waals surface area contributed by atoms with E-state index in [0.717, 1.165) is 31.5 Å². The smallest absolute Gasteiger partial charge is 0.140 e. The molecule has 0 bridgehead atoms. The Labute approximate surface area is 176 Å². The van der Waals surface area contributed by atoms with Crippen molar-refractivity contribution in [3.8, 4) is 5.75 Å². The molecule has 4 rings (SSSR count). The third-order valence-electron chi connectivity index (χ3n) is 5.66. The molecule has 1 aromatic carbocycles. The fourth-order valence-corrected chi connectivity index (χ4v) is 3.96. The highest BCUT2D eigenvalue weighted by molar-refractivity contribution is 5.77. The minimum atomic E-state index is -0.290. The van der Waals surface area contributed by atoms with E-state index in [4.69, 9.17) is 9.84 Å². The molecule has 0 N–H and O–H groups in total. The Kier molecular flexibility index (Phi) is 6.16. The number of hydrogen-bond donors (Lipinski definition) is 0. The topological polar surface area (TPSA) is 27.1 Å². The summed E-state index contributed by atoms with van der Waals surface area (Å²) in [7, 11) is 0. The zero-order valence-corrected chi connectivity index (χ0v) is 17.6. The number of aromatic nitrogens is 2. The molecule has 3 nitrogen and oxygen atoms in total. The number of hydrogen-bond acceptors (Lipinski definition) is 2. The molecule has 1 fully saturated rings. The molecule has 0 amide bonds. The predicted molar refractivity (Wildman–Crippen MR) is 115 cm³/mol. The number of halogens is 2. The number of allylic oxidation sites excluding steroid dienone is 6. The van der Waals surface area contributed by atoms with Crippen molar-refractivity contribution in [1.29, 1.82) is 0 Å². The molecule has 158 valence electrons. The van der Waals surface area contributed by atoms with Gasteiger partial charge >= 0.3 is 0 Å². The van der Waals surface area contributed by atoms with Crippen molar-refractivity contribution in [3.63, 3.8) is 0 Å². The number of benzene rings is 1. The maximum absolute atomic E-state index is 14.9. The third-order valence-corrected chi connectivity index (χ3v) is 5.66. The Hall–Kier alpha value is -2.69. The molecule has 2 heterocycles. The molecule has 2 aromatic rings. The van der Waals surface area contributed by atoms with Crippen LogP contribution in [-0.2, 0) is 6.54 Å². The third kappa shape index (κ3) is 4.55. The Balaban J connectivity index is 1.66. The number of nitrogens with zero attached hydrogens (tertiary/aromatic N) is 2. The quantitative estimate of drug-likeness (QED) is 0.462. The minimum Gasteiger partial charge on any atom is -0.484 e. The summed E-state index contributed by atoms with van der Waals surface area (Å²) in [5.74, 6) is 0.608. The summed E-state index contributed by atoms with van der Waals surface area (Å²) >= 11 is 0. The molecule has 2 aliphatic rings. The first-order chi connectivity index (χ1) is 14.6. The normalized spacial score (nSPS) is 20.3. The van der Waals surface area contributed by atoms with Crippen LogP contribution in [0.3, 0.4) is 0 Å². The van der Waals surface area contributed by atoms with E-state index < -0.39 is 0 Å². The van der Waals surface area contributed by atoms with Crippen LogP contribution in [0.15, 0.2) is 60.0 Å². The largest absolute Gasteiger partial charge is 0.484 e. The molecule has 1 saturated carbocycles. The van der Waals surface area contributed by atoms with Gasteiger partial charge in [0.25, 0.3) is 0 Å². The molecule has 1 aliphatic heterocycles. The van der Waals surface area contributed by atoms with Gasteiger partial charge in [0.2, 0.25) is 0 Å². The van der Waals surface area contributed by atoms with Crippen LogP contribution in [0.5, 0.6) is 5.75 Å². The van der Waals surface area contributed by atoms with Crippen molar-refractivity contribution < 1.29 is 13.5 Å². The fraction of sp³-hybridized carbons (Fsp3) is 0.400. The summed E-state index contributed by atoms with van der Waals surface area (Å²) in [6, 6.07) is 7.99. The number of fused-ring (bicyclic) bond motifs is 1. The van der Waals surface area contributed by atoms with Crippen LogP contribution < -0.4 is 4.74 Å². The summed E-state index contributed by atoms with van der Waals surface area (Å²) in [5.41, 5.74) is 3.31. The van der Waals surface area contributed by atoms with Gasteiger partial charge in [-0.15, -0.1) is 0 Å². The predicted octanol–water partition coefficient (Wildman–Crippen LogP) is 6.94. The van der Waals surface area contributed by atoms with Gasteiger partial charge in [0.1, 0.15) is 23.5 Å². The van der Waals surface area contributed by atoms with Crippen LogP contribution >= 0.6 is 0 Å². The summed E-state index contributed by atoms with van der Waals surface area (Å²) in [6.07, 6.45) is 10.5. The van der Waals surface area contributed by atoms with E-state index >= 15 is 0 Å². The second kappa shape index (κ2) is 8.99. The van der Waals surface area contributed by atoms with Crippen LogP contribution in [0.1, 0.15) is 63.4 Å². The van der Waals surface area contributed by atoms with Gasteiger partial charge in [-0.25, -0.2) is 8.78 Å². The molecule has 0 saturated heterocycles. The lowest BCUT2D eigenvalue weighted by molar-refractivity contribution is 0.160. The molecule has 1 aliphatic carbocycles. The zero-order chi connectivity index (χ0) is 21.1. The average molecular weight is 411 g/mol. The van der Waals surface area contributed by atoms with Crippen molar-refractivity contribution in [2.75, 3.05) is 0 Å². The Morgan fingerprint density at radius 3 is 2.67 bits per heavy atom. The van der Waals surface area contributed by atoms with E-state index in [1.165, 1.54) is 36.6 Å². The SMILES string of the molecule is C\C=C(F)/C(=C\C(=C\CC)C1CC1)c1cc2n(n1)CCCC2Oc1ccc(F)cc1. The van der Waals surface area contributed by atoms with Crippen LogP contribution in [0.2, 0.25) is 0 Å². The highest BCUT2D eigenvalue weighted by Crippen LogP contribution is 2.40. The lowest BCUT2D eigenvalue weighted by atomic mass is 10.0. The van der Waals surface area contributed by atoms with Crippen LogP contribution in [0.4, 0.5) is 8.78 Å². The van der Waals surface area contributed by atoms with E-state index in [0.29, 0.717) is 22.9 Å². The van der Waals surface area contributed by atoms with E-state index in [9.17, 15) is 8.78 Å². The Morgan fingerprint density at radius 2 is 2.00 bits per heavy atom. The maximum Gasteiger partial charge on any atom is 0.140 e. The Morgan fingerprint density at radius 1 is 1.23 bits per heavy atom. The molecule has 30 heavy (non-hydrogen) atoms. The van der Waals surface area contributed by atoms with Crippen LogP contribution in [0, 0.1) is 11.7 Å². The molecular weight excluding hydrogens is 382 g/mol. The highest BCUT2D eigenvalue weighted by atomic mass is 19.1. The average Bonchev–Trinajstić information content (AvgIpc) is 3.51. The van der Waals surface area contributed by atoms with Gasteiger partial charge in [-0.2, -0.15) is 5.10 Å². The summed E-state index contributed by atoms with van der Waals surface area (Å²) in [6.45, 7) is 4.60. The molecule has 1 unspecified atom stereocenters.